The number of likely N-dealkylation sites (N-methyl/N-ethyl adjacent to an activating group) is 1. The van der Waals surface area contributed by atoms with Gasteiger partial charge in [-0.15, -0.1) is 0 Å². The predicted octanol–water partition coefficient (Wildman–Crippen LogP) is 0.145. The molecule has 14 heavy (non-hydrogen) atoms. The fourth-order valence-corrected chi connectivity index (χ4v) is 0.819. The minimum Gasteiger partial charge on any atom is -0.347 e. The van der Waals surface area contributed by atoms with Crippen molar-refractivity contribution in [1.29, 1.82) is 0 Å². The first-order valence-corrected chi connectivity index (χ1v) is 5.03. The summed E-state index contributed by atoms with van der Waals surface area (Å²) < 4.78 is 0. The summed E-state index contributed by atoms with van der Waals surface area (Å²) in [5.41, 5.74) is 0. The molecular weight excluding hydrogens is 200 g/mol. The van der Waals surface area contributed by atoms with Crippen molar-refractivity contribution in [3.05, 3.63) is 0 Å². The first kappa shape index (κ1) is 13.3. The quantitative estimate of drug-likeness (QED) is 0.660. The number of rotatable bonds is 4. The van der Waals surface area contributed by atoms with Gasteiger partial charge in [-0.25, -0.2) is 0 Å². The number of nitrogens with zero attached hydrogens (tertiary/aromatic N) is 1. The average Bonchev–Trinajstić information content (AvgIpc) is 2.11. The van der Waals surface area contributed by atoms with Crippen LogP contribution in [0.1, 0.15) is 13.8 Å². The molecular formula is C9H18N2O2S. The standard InChI is InChI=1S/C9H18N2O2S/c1-6(2)8(14)9(13)10-5-7(12)11(3)4/h6,8,14H,5H2,1-4H3,(H,10,13). The Morgan fingerprint density at radius 3 is 2.21 bits per heavy atom. The van der Waals surface area contributed by atoms with Gasteiger partial charge in [0.2, 0.25) is 11.8 Å². The van der Waals surface area contributed by atoms with Crippen LogP contribution < -0.4 is 5.32 Å². The monoisotopic (exact) mass is 218 g/mol. The van der Waals surface area contributed by atoms with E-state index in [2.05, 4.69) is 17.9 Å². The van der Waals surface area contributed by atoms with Gasteiger partial charge in [-0.05, 0) is 5.92 Å². The molecule has 1 atom stereocenters. The smallest absolute Gasteiger partial charge is 0.241 e. The summed E-state index contributed by atoms with van der Waals surface area (Å²) in [6.45, 7) is 3.85. The summed E-state index contributed by atoms with van der Waals surface area (Å²) in [5, 5.41) is 2.18. The lowest BCUT2D eigenvalue weighted by atomic mass is 10.1. The molecule has 0 aromatic rings. The molecule has 0 aromatic heterocycles. The minimum absolute atomic E-state index is 0.0373. The van der Waals surface area contributed by atoms with Crippen molar-refractivity contribution < 1.29 is 9.59 Å². The highest BCUT2D eigenvalue weighted by atomic mass is 32.1. The van der Waals surface area contributed by atoms with Crippen molar-refractivity contribution in [2.75, 3.05) is 20.6 Å². The van der Waals surface area contributed by atoms with Crippen LogP contribution in [0.2, 0.25) is 0 Å². The summed E-state index contributed by atoms with van der Waals surface area (Å²) in [6.07, 6.45) is 0. The van der Waals surface area contributed by atoms with E-state index in [1.54, 1.807) is 14.1 Å². The average molecular weight is 218 g/mol. The molecule has 0 aliphatic carbocycles. The van der Waals surface area contributed by atoms with Crippen LogP contribution in [0.15, 0.2) is 0 Å². The van der Waals surface area contributed by atoms with Crippen LogP contribution in [0.5, 0.6) is 0 Å². The van der Waals surface area contributed by atoms with E-state index in [1.165, 1.54) is 4.90 Å². The number of hydrogen-bond acceptors (Lipinski definition) is 3. The third-order valence-corrected chi connectivity index (χ3v) is 2.64. The topological polar surface area (TPSA) is 49.4 Å². The Morgan fingerprint density at radius 2 is 1.86 bits per heavy atom. The summed E-state index contributed by atoms with van der Waals surface area (Å²) in [5.74, 6) is -0.158. The third kappa shape index (κ3) is 4.50. The second-order valence-corrected chi connectivity index (χ2v) is 4.25. The van der Waals surface area contributed by atoms with Gasteiger partial charge in [0.05, 0.1) is 11.8 Å². The zero-order chi connectivity index (χ0) is 11.3. The Kier molecular flexibility index (Phi) is 5.60. The van der Waals surface area contributed by atoms with Crippen LogP contribution in [-0.4, -0.2) is 42.6 Å². The Hall–Kier alpha value is -0.710. The van der Waals surface area contributed by atoms with Crippen LogP contribution >= 0.6 is 12.6 Å². The molecule has 82 valence electrons. The third-order valence-electron chi connectivity index (χ3n) is 1.81. The molecule has 0 radical (unpaired) electrons. The first-order valence-electron chi connectivity index (χ1n) is 4.52. The highest BCUT2D eigenvalue weighted by Gasteiger charge is 2.18. The van der Waals surface area contributed by atoms with Crippen molar-refractivity contribution in [2.45, 2.75) is 19.1 Å². The number of nitrogens with one attached hydrogen (secondary N) is 1. The van der Waals surface area contributed by atoms with E-state index in [0.717, 1.165) is 0 Å². The summed E-state index contributed by atoms with van der Waals surface area (Å²) in [7, 11) is 3.30. The zero-order valence-electron chi connectivity index (χ0n) is 9.07. The predicted molar refractivity (Wildman–Crippen MR) is 59.3 cm³/mol. The van der Waals surface area contributed by atoms with Gasteiger partial charge >= 0.3 is 0 Å². The Balaban J connectivity index is 3.91. The fraction of sp³-hybridized carbons (Fsp3) is 0.778. The number of hydrogen-bond donors (Lipinski definition) is 2. The van der Waals surface area contributed by atoms with E-state index in [0.29, 0.717) is 0 Å². The maximum absolute atomic E-state index is 11.4. The van der Waals surface area contributed by atoms with E-state index < -0.39 is 0 Å². The van der Waals surface area contributed by atoms with Crippen LogP contribution in [0.4, 0.5) is 0 Å². The molecule has 0 aliphatic heterocycles. The van der Waals surface area contributed by atoms with Crippen LogP contribution in [-0.2, 0) is 9.59 Å². The molecule has 0 rings (SSSR count). The SMILES string of the molecule is CC(C)C(S)C(=O)NCC(=O)N(C)C. The van der Waals surface area contributed by atoms with Crippen molar-refractivity contribution in [2.24, 2.45) is 5.92 Å². The molecule has 2 amide bonds. The summed E-state index contributed by atoms with van der Waals surface area (Å²) in [4.78, 5) is 23.9. The van der Waals surface area contributed by atoms with Gasteiger partial charge in [-0.1, -0.05) is 13.8 Å². The van der Waals surface area contributed by atoms with Gasteiger partial charge in [0.25, 0.3) is 0 Å². The minimum atomic E-state index is -0.357. The molecule has 0 saturated heterocycles. The van der Waals surface area contributed by atoms with Crippen molar-refractivity contribution >= 4 is 24.4 Å². The molecule has 0 spiro atoms. The van der Waals surface area contributed by atoms with Crippen LogP contribution in [0.25, 0.3) is 0 Å². The van der Waals surface area contributed by atoms with E-state index in [1.807, 2.05) is 13.8 Å². The van der Waals surface area contributed by atoms with Crippen molar-refractivity contribution in [3.8, 4) is 0 Å². The van der Waals surface area contributed by atoms with E-state index in [9.17, 15) is 9.59 Å². The second kappa shape index (κ2) is 5.90. The Bertz CT molecular complexity index is 217. The van der Waals surface area contributed by atoms with Gasteiger partial charge in [-0.2, -0.15) is 12.6 Å². The highest BCUT2D eigenvalue weighted by molar-refractivity contribution is 7.81. The number of carbonyl (C=O) groups is 2. The van der Waals surface area contributed by atoms with E-state index >= 15 is 0 Å². The molecule has 1 N–H and O–H groups in total. The van der Waals surface area contributed by atoms with Gasteiger partial charge in [0.1, 0.15) is 0 Å². The molecule has 0 heterocycles. The van der Waals surface area contributed by atoms with Gasteiger partial charge in [0.15, 0.2) is 0 Å². The van der Waals surface area contributed by atoms with Crippen molar-refractivity contribution in [3.63, 3.8) is 0 Å². The molecule has 1 unspecified atom stereocenters. The fourth-order valence-electron chi connectivity index (χ4n) is 0.728. The Labute approximate surface area is 90.4 Å². The number of thiol groups is 1. The lowest BCUT2D eigenvalue weighted by Crippen LogP contribution is -2.40. The summed E-state index contributed by atoms with van der Waals surface area (Å²) >= 11 is 4.14. The lowest BCUT2D eigenvalue weighted by Gasteiger charge is -2.15. The highest BCUT2D eigenvalue weighted by Crippen LogP contribution is 2.08. The van der Waals surface area contributed by atoms with Gasteiger partial charge in [0, 0.05) is 14.1 Å². The lowest BCUT2D eigenvalue weighted by molar-refractivity contribution is -0.130. The van der Waals surface area contributed by atoms with Gasteiger partial charge in [-0.3, -0.25) is 9.59 Å². The van der Waals surface area contributed by atoms with Crippen LogP contribution in [0, 0.1) is 5.92 Å². The molecule has 0 bridgehead atoms. The molecule has 0 fully saturated rings. The molecule has 5 heteroatoms. The summed E-state index contributed by atoms with van der Waals surface area (Å²) in [6, 6.07) is 0. The van der Waals surface area contributed by atoms with E-state index in [4.69, 9.17) is 0 Å². The van der Waals surface area contributed by atoms with E-state index in [-0.39, 0.29) is 29.5 Å². The first-order chi connectivity index (χ1) is 6.36. The maximum Gasteiger partial charge on any atom is 0.241 e. The molecule has 0 aliphatic rings. The number of carbonyl (C=O) groups excluding carboxylic acids is 2. The van der Waals surface area contributed by atoms with Crippen molar-refractivity contribution in [1.82, 2.24) is 10.2 Å². The zero-order valence-corrected chi connectivity index (χ0v) is 9.97. The molecule has 0 aromatic carbocycles. The normalized spacial score (nSPS) is 12.4. The maximum atomic E-state index is 11.4. The molecule has 4 nitrogen and oxygen atoms in total. The molecule has 0 saturated carbocycles. The number of amides is 2. The van der Waals surface area contributed by atoms with Crippen LogP contribution in [0.3, 0.4) is 0 Å². The Morgan fingerprint density at radius 1 is 1.36 bits per heavy atom. The second-order valence-electron chi connectivity index (χ2n) is 3.69. The largest absolute Gasteiger partial charge is 0.347 e. The van der Waals surface area contributed by atoms with Gasteiger partial charge < -0.3 is 10.2 Å².